The van der Waals surface area contributed by atoms with Gasteiger partial charge in [-0.05, 0) is 89.9 Å². The summed E-state index contributed by atoms with van der Waals surface area (Å²) in [7, 11) is 0. The molecule has 0 spiro atoms. The normalized spacial score (nSPS) is 13.0. The van der Waals surface area contributed by atoms with E-state index in [-0.39, 0.29) is 26.8 Å². The quantitative estimate of drug-likeness (QED) is 0.132. The van der Waals surface area contributed by atoms with Gasteiger partial charge in [0.05, 0.1) is 0 Å². The molecule has 4 heterocycles. The van der Waals surface area contributed by atoms with E-state index in [0.717, 1.165) is 69.3 Å². The van der Waals surface area contributed by atoms with Gasteiger partial charge in [0.1, 0.15) is 17.2 Å². The van der Waals surface area contributed by atoms with Crippen LogP contribution in [0.5, 0.6) is 23.0 Å². The molecule has 1 radical (unpaired) electrons. The van der Waals surface area contributed by atoms with E-state index in [4.69, 9.17) is 14.5 Å². The molecule has 3 aliphatic rings. The Hall–Kier alpha value is -5.29. The summed E-state index contributed by atoms with van der Waals surface area (Å²) in [5.74, 6) is 3.49. The van der Waals surface area contributed by atoms with Crippen molar-refractivity contribution in [1.29, 1.82) is 0 Å². The van der Waals surface area contributed by atoms with Gasteiger partial charge in [0.2, 0.25) is 6.71 Å². The molecule has 0 bridgehead atoms. The van der Waals surface area contributed by atoms with E-state index in [2.05, 4.69) is 104 Å². The number of rotatable bonds is 3. The summed E-state index contributed by atoms with van der Waals surface area (Å²) < 4.78 is 12.7. The third kappa shape index (κ3) is 6.27. The fraction of sp³-hybridized carbons (Fsp3) is 0.130. The van der Waals surface area contributed by atoms with Gasteiger partial charge in [-0.1, -0.05) is 85.3 Å². The molecular formula is C46H35BIrN2O2-2. The van der Waals surface area contributed by atoms with E-state index >= 15 is 0 Å². The number of pyridine rings is 2. The largest absolute Gasteiger partial charge is 0.503 e. The van der Waals surface area contributed by atoms with Gasteiger partial charge in [-0.3, -0.25) is 0 Å². The van der Waals surface area contributed by atoms with Gasteiger partial charge in [0.25, 0.3) is 0 Å². The molecule has 0 saturated heterocycles. The van der Waals surface area contributed by atoms with Gasteiger partial charge in [0.15, 0.2) is 0 Å². The van der Waals surface area contributed by atoms with Crippen molar-refractivity contribution in [3.63, 3.8) is 0 Å². The number of hydrogen-bond donors (Lipinski definition) is 0. The molecule has 0 amide bonds. The standard InChI is InChI=1S/C27H19BNO2.C19H16N.Ir/c1-3-11-21-17(7-1)15-16-22(29-21)18-8-5-10-20-27(18)31-25-14-6-13-24-26(25)28(20)19-9-2-4-12-23(19)30-24;1-14-8-10-17(11-9-14)19-12-18(15(2)13-20-19)16-6-4-3-5-7-16;/h2,4-6,9-10,12-16H,1,3,7,11H2;3-10,12-13H,1-2H3;/q2*-1;. The Bertz CT molecular complexity index is 2410. The first-order chi connectivity index (χ1) is 25.1. The summed E-state index contributed by atoms with van der Waals surface area (Å²) in [5.41, 5.74) is 14.8. The molecule has 1 aliphatic carbocycles. The molecule has 2 aliphatic heterocycles. The molecule has 6 heteroatoms. The molecule has 0 fully saturated rings. The SMILES string of the molecule is Cc1c[c-]c(-c2cc(-c3ccccc3)c(C)cn2)cc1.[Ir].[c-]1ccc2c(c1-c1ccc3c(n1)CCCC3)Oc1cccc3c1B2c1ccccc1O3. The first kappa shape index (κ1) is 33.8. The second kappa shape index (κ2) is 14.4. The second-order valence-electron chi connectivity index (χ2n) is 13.5. The van der Waals surface area contributed by atoms with E-state index in [0.29, 0.717) is 0 Å². The van der Waals surface area contributed by atoms with Crippen LogP contribution in [0.1, 0.15) is 35.2 Å². The number of ether oxygens (including phenoxy) is 2. The van der Waals surface area contributed by atoms with Crippen molar-refractivity contribution in [1.82, 2.24) is 9.97 Å². The second-order valence-corrected chi connectivity index (χ2v) is 13.5. The van der Waals surface area contributed by atoms with Crippen molar-refractivity contribution in [3.05, 3.63) is 162 Å². The van der Waals surface area contributed by atoms with E-state index in [1.54, 1.807) is 0 Å². The van der Waals surface area contributed by atoms with Crippen LogP contribution in [0.25, 0.3) is 33.6 Å². The fourth-order valence-corrected chi connectivity index (χ4v) is 7.52. The Morgan fingerprint density at radius 2 is 1.48 bits per heavy atom. The molecule has 5 aromatic carbocycles. The molecule has 4 nitrogen and oxygen atoms in total. The minimum Gasteiger partial charge on any atom is -0.503 e. The maximum atomic E-state index is 6.52. The van der Waals surface area contributed by atoms with Crippen LogP contribution in [-0.4, -0.2) is 16.7 Å². The first-order valence-electron chi connectivity index (χ1n) is 17.7. The molecule has 7 aromatic rings. The van der Waals surface area contributed by atoms with Crippen LogP contribution < -0.4 is 25.9 Å². The average molecular weight is 851 g/mol. The minimum absolute atomic E-state index is 0. The van der Waals surface area contributed by atoms with Crippen molar-refractivity contribution in [2.45, 2.75) is 39.5 Å². The summed E-state index contributed by atoms with van der Waals surface area (Å²) in [4.78, 5) is 9.57. The maximum Gasteiger partial charge on any atom is 0.241 e. The molecule has 10 rings (SSSR count). The monoisotopic (exact) mass is 851 g/mol. The van der Waals surface area contributed by atoms with E-state index in [1.165, 1.54) is 51.8 Å². The number of nitrogens with zero attached hydrogens (tertiary/aromatic N) is 2. The Kier molecular flexibility index (Phi) is 9.36. The number of hydrogen-bond acceptors (Lipinski definition) is 4. The van der Waals surface area contributed by atoms with Crippen LogP contribution in [0.4, 0.5) is 0 Å². The van der Waals surface area contributed by atoms with Crippen LogP contribution in [0.2, 0.25) is 0 Å². The molecule has 2 aromatic heterocycles. The summed E-state index contributed by atoms with van der Waals surface area (Å²) in [6.45, 7) is 4.24. The maximum absolute atomic E-state index is 6.52. The fourth-order valence-electron chi connectivity index (χ4n) is 7.52. The van der Waals surface area contributed by atoms with Crippen LogP contribution >= 0.6 is 0 Å². The molecule has 0 unspecified atom stereocenters. The van der Waals surface area contributed by atoms with Crippen LogP contribution in [-0.2, 0) is 32.9 Å². The zero-order valence-corrected chi connectivity index (χ0v) is 31.5. The summed E-state index contributed by atoms with van der Waals surface area (Å²) in [5, 5.41) is 0. The van der Waals surface area contributed by atoms with Crippen LogP contribution in [0, 0.1) is 26.0 Å². The van der Waals surface area contributed by atoms with E-state index in [1.807, 2.05) is 54.7 Å². The number of para-hydroxylation sites is 1. The van der Waals surface area contributed by atoms with Crippen molar-refractivity contribution >= 4 is 23.1 Å². The van der Waals surface area contributed by atoms with Crippen molar-refractivity contribution in [3.8, 4) is 56.6 Å². The third-order valence-electron chi connectivity index (χ3n) is 10.1. The third-order valence-corrected chi connectivity index (χ3v) is 10.1. The predicted octanol–water partition coefficient (Wildman–Crippen LogP) is 8.99. The molecule has 0 atom stereocenters. The summed E-state index contributed by atoms with van der Waals surface area (Å²) in [6.07, 6.45) is 6.59. The average Bonchev–Trinajstić information content (AvgIpc) is 3.18. The minimum atomic E-state index is 0. The smallest absolute Gasteiger partial charge is 0.241 e. The van der Waals surface area contributed by atoms with Gasteiger partial charge in [-0.25, -0.2) is 0 Å². The number of fused-ring (bicyclic) bond motifs is 5. The van der Waals surface area contributed by atoms with Gasteiger partial charge in [0, 0.05) is 43.2 Å². The molecule has 0 saturated carbocycles. The molecular weight excluding hydrogens is 816 g/mol. The zero-order valence-electron chi connectivity index (χ0n) is 29.1. The van der Waals surface area contributed by atoms with Gasteiger partial charge in [-0.15, -0.1) is 59.1 Å². The van der Waals surface area contributed by atoms with Gasteiger partial charge < -0.3 is 19.4 Å². The molecule has 52 heavy (non-hydrogen) atoms. The first-order valence-corrected chi connectivity index (χ1v) is 17.7. The Morgan fingerprint density at radius 1 is 0.692 bits per heavy atom. The Labute approximate surface area is 319 Å². The topological polar surface area (TPSA) is 44.2 Å². The number of aryl methyl sites for hydroxylation is 4. The van der Waals surface area contributed by atoms with Crippen LogP contribution in [0.15, 0.2) is 128 Å². The van der Waals surface area contributed by atoms with Crippen LogP contribution in [0.3, 0.4) is 0 Å². The van der Waals surface area contributed by atoms with Crippen molar-refractivity contribution < 1.29 is 29.6 Å². The van der Waals surface area contributed by atoms with Gasteiger partial charge >= 0.3 is 0 Å². The van der Waals surface area contributed by atoms with E-state index in [9.17, 15) is 0 Å². The Balaban J connectivity index is 0.000000161. The van der Waals surface area contributed by atoms with Crippen molar-refractivity contribution in [2.24, 2.45) is 0 Å². The predicted molar refractivity (Wildman–Crippen MR) is 206 cm³/mol. The number of benzene rings is 5. The van der Waals surface area contributed by atoms with Crippen molar-refractivity contribution in [2.75, 3.05) is 0 Å². The zero-order chi connectivity index (χ0) is 34.3. The van der Waals surface area contributed by atoms with Gasteiger partial charge in [-0.2, -0.15) is 0 Å². The summed E-state index contributed by atoms with van der Waals surface area (Å²) >= 11 is 0. The summed E-state index contributed by atoms with van der Waals surface area (Å²) in [6, 6.07) is 48.3. The molecule has 255 valence electrons. The Morgan fingerprint density at radius 3 is 2.33 bits per heavy atom. The number of aromatic nitrogens is 2. The van der Waals surface area contributed by atoms with E-state index < -0.39 is 0 Å². The molecule has 0 N–H and O–H groups in total.